The van der Waals surface area contributed by atoms with Crippen LogP contribution in [0.4, 0.5) is 0 Å². The molecule has 0 heterocycles. The molecule has 90 valence electrons. The number of guanidine groups is 1. The second kappa shape index (κ2) is 10.1. The molecule has 1 unspecified atom stereocenters. The SMILES string of the molecule is CN=C(NCCCSC)NC(C)COC. The van der Waals surface area contributed by atoms with E-state index in [2.05, 4.69) is 28.8 Å². The van der Waals surface area contributed by atoms with Gasteiger partial charge in [0.2, 0.25) is 0 Å². The van der Waals surface area contributed by atoms with Crippen molar-refractivity contribution in [3.63, 3.8) is 0 Å². The van der Waals surface area contributed by atoms with Gasteiger partial charge >= 0.3 is 0 Å². The third-order valence-electron chi connectivity index (χ3n) is 1.84. The number of thioether (sulfide) groups is 1. The van der Waals surface area contributed by atoms with Gasteiger partial charge in [0.1, 0.15) is 0 Å². The minimum absolute atomic E-state index is 0.279. The van der Waals surface area contributed by atoms with Crippen LogP contribution in [0.5, 0.6) is 0 Å². The van der Waals surface area contributed by atoms with Crippen molar-refractivity contribution >= 4 is 17.7 Å². The predicted octanol–water partition coefficient (Wildman–Crippen LogP) is 0.939. The normalized spacial score (nSPS) is 13.7. The number of aliphatic imine (C=N–C) groups is 1. The summed E-state index contributed by atoms with van der Waals surface area (Å²) in [5.41, 5.74) is 0. The highest BCUT2D eigenvalue weighted by Crippen LogP contribution is 1.93. The lowest BCUT2D eigenvalue weighted by molar-refractivity contribution is 0.179. The van der Waals surface area contributed by atoms with Crippen molar-refractivity contribution in [1.29, 1.82) is 0 Å². The second-order valence-corrected chi connectivity index (χ2v) is 4.33. The summed E-state index contributed by atoms with van der Waals surface area (Å²) in [6.45, 7) is 3.71. The van der Waals surface area contributed by atoms with E-state index in [1.54, 1.807) is 14.2 Å². The minimum Gasteiger partial charge on any atom is -0.383 e. The van der Waals surface area contributed by atoms with E-state index in [1.807, 2.05) is 11.8 Å². The van der Waals surface area contributed by atoms with E-state index in [0.717, 1.165) is 18.9 Å². The fraction of sp³-hybridized carbons (Fsp3) is 0.900. The Morgan fingerprint density at radius 1 is 1.53 bits per heavy atom. The van der Waals surface area contributed by atoms with E-state index >= 15 is 0 Å². The summed E-state index contributed by atoms with van der Waals surface area (Å²) in [5, 5.41) is 6.52. The Morgan fingerprint density at radius 2 is 2.27 bits per heavy atom. The summed E-state index contributed by atoms with van der Waals surface area (Å²) < 4.78 is 5.04. The molecule has 0 bridgehead atoms. The molecule has 0 aromatic carbocycles. The van der Waals surface area contributed by atoms with Gasteiger partial charge in [0.15, 0.2) is 5.96 Å². The molecule has 2 N–H and O–H groups in total. The second-order valence-electron chi connectivity index (χ2n) is 3.35. The molecule has 0 aliphatic heterocycles. The monoisotopic (exact) mass is 233 g/mol. The Kier molecular flexibility index (Phi) is 9.83. The van der Waals surface area contributed by atoms with Crippen molar-refractivity contribution < 1.29 is 4.74 Å². The van der Waals surface area contributed by atoms with Gasteiger partial charge in [-0.05, 0) is 25.4 Å². The number of nitrogens with one attached hydrogen (secondary N) is 2. The van der Waals surface area contributed by atoms with Gasteiger partial charge in [0.25, 0.3) is 0 Å². The van der Waals surface area contributed by atoms with E-state index in [1.165, 1.54) is 5.75 Å². The quantitative estimate of drug-likeness (QED) is 0.390. The third kappa shape index (κ3) is 8.57. The van der Waals surface area contributed by atoms with Gasteiger partial charge in [0.05, 0.1) is 6.61 Å². The Balaban J connectivity index is 3.64. The molecule has 0 spiro atoms. The Labute approximate surface area is 97.3 Å². The average Bonchev–Trinajstić information content (AvgIpc) is 2.23. The van der Waals surface area contributed by atoms with Gasteiger partial charge < -0.3 is 15.4 Å². The van der Waals surface area contributed by atoms with E-state index in [4.69, 9.17) is 4.74 Å². The van der Waals surface area contributed by atoms with E-state index in [-0.39, 0.29) is 6.04 Å². The van der Waals surface area contributed by atoms with E-state index in [0.29, 0.717) is 6.61 Å². The van der Waals surface area contributed by atoms with E-state index in [9.17, 15) is 0 Å². The van der Waals surface area contributed by atoms with Crippen LogP contribution in [-0.2, 0) is 4.74 Å². The van der Waals surface area contributed by atoms with Crippen LogP contribution in [0.1, 0.15) is 13.3 Å². The molecule has 0 saturated carbocycles. The summed E-state index contributed by atoms with van der Waals surface area (Å²) in [6.07, 6.45) is 3.27. The number of hydrogen-bond acceptors (Lipinski definition) is 3. The number of rotatable bonds is 7. The van der Waals surface area contributed by atoms with Crippen molar-refractivity contribution in [2.45, 2.75) is 19.4 Å². The summed E-state index contributed by atoms with van der Waals surface area (Å²) in [4.78, 5) is 4.14. The zero-order valence-corrected chi connectivity index (χ0v) is 11.0. The van der Waals surface area contributed by atoms with Gasteiger partial charge in [-0.2, -0.15) is 11.8 Å². The summed E-state index contributed by atoms with van der Waals surface area (Å²) in [6, 6.07) is 0.279. The molecule has 0 aliphatic rings. The molecule has 5 heteroatoms. The molecule has 1 atom stereocenters. The Bertz CT molecular complexity index is 176. The zero-order chi connectivity index (χ0) is 11.5. The molecule has 0 fully saturated rings. The molecule has 0 aromatic rings. The van der Waals surface area contributed by atoms with Crippen LogP contribution in [0.2, 0.25) is 0 Å². The molecule has 0 rings (SSSR count). The van der Waals surface area contributed by atoms with Gasteiger partial charge in [0, 0.05) is 26.7 Å². The standard InChI is InChI=1S/C10H23N3OS/c1-9(8-14-3)13-10(11-2)12-6-5-7-15-4/h9H,5-8H2,1-4H3,(H2,11,12,13). The topological polar surface area (TPSA) is 45.7 Å². The lowest BCUT2D eigenvalue weighted by atomic mass is 10.4. The summed E-state index contributed by atoms with van der Waals surface area (Å²) >= 11 is 1.86. The fourth-order valence-electron chi connectivity index (χ4n) is 1.14. The highest BCUT2D eigenvalue weighted by atomic mass is 32.2. The predicted molar refractivity (Wildman–Crippen MR) is 68.8 cm³/mol. The first-order valence-electron chi connectivity index (χ1n) is 5.19. The highest BCUT2D eigenvalue weighted by molar-refractivity contribution is 7.98. The number of ether oxygens (including phenoxy) is 1. The molecule has 0 amide bonds. The molecule has 15 heavy (non-hydrogen) atoms. The molecular formula is C10H23N3OS. The molecule has 0 saturated heterocycles. The first-order chi connectivity index (χ1) is 7.24. The fourth-order valence-corrected chi connectivity index (χ4v) is 1.58. The van der Waals surface area contributed by atoms with Crippen molar-refractivity contribution in [2.75, 3.05) is 39.3 Å². The lowest BCUT2D eigenvalue weighted by Crippen LogP contribution is -2.44. The van der Waals surface area contributed by atoms with Gasteiger partial charge in [-0.25, -0.2) is 0 Å². The van der Waals surface area contributed by atoms with Crippen molar-refractivity contribution in [3.05, 3.63) is 0 Å². The van der Waals surface area contributed by atoms with Crippen LogP contribution < -0.4 is 10.6 Å². The van der Waals surface area contributed by atoms with Crippen molar-refractivity contribution in [2.24, 2.45) is 4.99 Å². The van der Waals surface area contributed by atoms with Crippen LogP contribution in [0.3, 0.4) is 0 Å². The maximum atomic E-state index is 5.04. The van der Waals surface area contributed by atoms with Crippen LogP contribution in [0.25, 0.3) is 0 Å². The number of nitrogens with zero attached hydrogens (tertiary/aromatic N) is 1. The maximum absolute atomic E-state index is 5.04. The molecule has 0 aromatic heterocycles. The first kappa shape index (κ1) is 14.6. The number of methoxy groups -OCH3 is 1. The Morgan fingerprint density at radius 3 is 2.80 bits per heavy atom. The van der Waals surface area contributed by atoms with Crippen molar-refractivity contribution in [3.8, 4) is 0 Å². The van der Waals surface area contributed by atoms with E-state index < -0.39 is 0 Å². The van der Waals surface area contributed by atoms with Gasteiger partial charge in [-0.3, -0.25) is 4.99 Å². The molecule has 0 aliphatic carbocycles. The smallest absolute Gasteiger partial charge is 0.191 e. The first-order valence-corrected chi connectivity index (χ1v) is 6.59. The van der Waals surface area contributed by atoms with Gasteiger partial charge in [-0.15, -0.1) is 0 Å². The largest absolute Gasteiger partial charge is 0.383 e. The van der Waals surface area contributed by atoms with Crippen LogP contribution in [-0.4, -0.2) is 51.3 Å². The minimum atomic E-state index is 0.279. The molecule has 4 nitrogen and oxygen atoms in total. The summed E-state index contributed by atoms with van der Waals surface area (Å²) in [7, 11) is 3.48. The lowest BCUT2D eigenvalue weighted by Gasteiger charge is -2.16. The Hall–Kier alpha value is -0.420. The van der Waals surface area contributed by atoms with Gasteiger partial charge in [-0.1, -0.05) is 0 Å². The number of hydrogen-bond donors (Lipinski definition) is 2. The third-order valence-corrected chi connectivity index (χ3v) is 2.54. The van der Waals surface area contributed by atoms with Crippen LogP contribution >= 0.6 is 11.8 Å². The summed E-state index contributed by atoms with van der Waals surface area (Å²) in [5.74, 6) is 2.03. The van der Waals surface area contributed by atoms with Crippen LogP contribution in [0.15, 0.2) is 4.99 Å². The van der Waals surface area contributed by atoms with Crippen molar-refractivity contribution in [1.82, 2.24) is 10.6 Å². The average molecular weight is 233 g/mol. The zero-order valence-electron chi connectivity index (χ0n) is 10.2. The molecule has 0 radical (unpaired) electrons. The van der Waals surface area contributed by atoms with Crippen LogP contribution in [0, 0.1) is 0 Å². The maximum Gasteiger partial charge on any atom is 0.191 e. The molecular weight excluding hydrogens is 210 g/mol. The highest BCUT2D eigenvalue weighted by Gasteiger charge is 2.03.